The molecular formula is C33H48N5S+. The monoisotopic (exact) mass is 546 g/mol. The molecule has 39 heavy (non-hydrogen) atoms. The molecule has 0 spiro atoms. The number of rotatable bonds is 8. The minimum absolute atomic E-state index is 0.871. The summed E-state index contributed by atoms with van der Waals surface area (Å²) in [7, 11) is 0. The molecule has 0 amide bonds. The Bertz CT molecular complexity index is 1420. The largest absolute Gasteiger partial charge is 0.399 e. The van der Waals surface area contributed by atoms with Gasteiger partial charge in [0.15, 0.2) is 0 Å². The lowest BCUT2D eigenvalue weighted by Gasteiger charge is -2.22. The minimum Gasteiger partial charge on any atom is -0.399 e. The number of fused-ring (bicyclic) bond motifs is 2. The average molecular weight is 547 g/mol. The Hall–Kier alpha value is -3.12. The Morgan fingerprint density at radius 3 is 1.87 bits per heavy atom. The summed E-state index contributed by atoms with van der Waals surface area (Å²) in [6.45, 7) is 25.8. The lowest BCUT2D eigenvalue weighted by atomic mass is 10.1. The molecule has 0 bridgehead atoms. The van der Waals surface area contributed by atoms with Crippen LogP contribution in [0, 0.1) is 20.8 Å². The summed E-state index contributed by atoms with van der Waals surface area (Å²) >= 11 is 1.87. The molecule has 0 aromatic heterocycles. The maximum Gasteiger partial charge on any atom is 0.201 e. The SMILES string of the molecule is CCN(CC)c1cc(C)c2nc3c(C)cc(=[N+](CC)CC)cc-3sc2c1.CCN(CC)c1ccc(N)c(C)c1. The molecular weight excluding hydrogens is 498 g/mol. The second-order valence-electron chi connectivity index (χ2n) is 9.99. The summed E-state index contributed by atoms with van der Waals surface area (Å²) in [5.74, 6) is 0. The molecule has 1 aliphatic heterocycles. The van der Waals surface area contributed by atoms with E-state index in [1.54, 1.807) is 0 Å². The van der Waals surface area contributed by atoms with Gasteiger partial charge in [0.2, 0.25) is 5.36 Å². The van der Waals surface area contributed by atoms with Gasteiger partial charge >= 0.3 is 0 Å². The maximum atomic E-state index is 5.75. The fourth-order valence-electron chi connectivity index (χ4n) is 5.12. The van der Waals surface area contributed by atoms with E-state index in [0.717, 1.165) is 61.7 Å². The highest BCUT2D eigenvalue weighted by atomic mass is 32.1. The van der Waals surface area contributed by atoms with Crippen molar-refractivity contribution in [3.8, 4) is 10.6 Å². The molecule has 0 unspecified atom stereocenters. The second kappa shape index (κ2) is 13.8. The van der Waals surface area contributed by atoms with Crippen LogP contribution < -0.4 is 25.5 Å². The van der Waals surface area contributed by atoms with Gasteiger partial charge in [-0.1, -0.05) is 0 Å². The predicted molar refractivity (Wildman–Crippen MR) is 175 cm³/mol. The topological polar surface area (TPSA) is 48.4 Å². The summed E-state index contributed by atoms with van der Waals surface area (Å²) in [6, 6.07) is 15.4. The van der Waals surface area contributed by atoms with Crippen molar-refractivity contribution in [3.63, 3.8) is 0 Å². The zero-order chi connectivity index (χ0) is 28.7. The average Bonchev–Trinajstić information content (AvgIpc) is 2.92. The van der Waals surface area contributed by atoms with Gasteiger partial charge in [-0.15, -0.1) is 11.3 Å². The van der Waals surface area contributed by atoms with E-state index in [-0.39, 0.29) is 0 Å². The molecule has 210 valence electrons. The van der Waals surface area contributed by atoms with Crippen LogP contribution in [0.4, 0.5) is 17.1 Å². The Morgan fingerprint density at radius 1 is 0.718 bits per heavy atom. The van der Waals surface area contributed by atoms with Crippen LogP contribution in [0.25, 0.3) is 20.8 Å². The van der Waals surface area contributed by atoms with Crippen molar-refractivity contribution < 1.29 is 0 Å². The summed E-state index contributed by atoms with van der Waals surface area (Å²) < 4.78 is 3.68. The van der Waals surface area contributed by atoms with Crippen LogP contribution in [-0.2, 0) is 0 Å². The first-order valence-corrected chi connectivity index (χ1v) is 15.3. The molecule has 0 radical (unpaired) electrons. The van der Waals surface area contributed by atoms with E-state index in [1.807, 2.05) is 24.3 Å². The molecule has 2 aliphatic rings. The van der Waals surface area contributed by atoms with Gasteiger partial charge in [0, 0.05) is 55.4 Å². The molecule has 5 nitrogen and oxygen atoms in total. The van der Waals surface area contributed by atoms with E-state index in [0.29, 0.717) is 0 Å². The molecule has 2 aromatic rings. The lowest BCUT2D eigenvalue weighted by Crippen LogP contribution is -2.29. The Morgan fingerprint density at radius 2 is 1.31 bits per heavy atom. The van der Waals surface area contributed by atoms with E-state index in [2.05, 4.69) is 106 Å². The Kier molecular flexibility index (Phi) is 10.8. The number of nitrogens with zero attached hydrogens (tertiary/aromatic N) is 4. The first-order valence-electron chi connectivity index (χ1n) is 14.5. The van der Waals surface area contributed by atoms with Crippen LogP contribution in [0.15, 0.2) is 42.5 Å². The van der Waals surface area contributed by atoms with Gasteiger partial charge in [0.05, 0.1) is 20.8 Å². The number of benzene rings is 3. The molecule has 6 heteroatoms. The third kappa shape index (κ3) is 6.91. The number of aryl methyl sites for hydroxylation is 3. The van der Waals surface area contributed by atoms with E-state index < -0.39 is 0 Å². The number of anilines is 3. The Labute approximate surface area is 240 Å². The highest BCUT2D eigenvalue weighted by Gasteiger charge is 2.16. The van der Waals surface area contributed by atoms with Crippen molar-refractivity contribution in [1.82, 2.24) is 9.56 Å². The quantitative estimate of drug-likeness (QED) is 0.145. The van der Waals surface area contributed by atoms with Gasteiger partial charge in [-0.25, -0.2) is 9.56 Å². The lowest BCUT2D eigenvalue weighted by molar-refractivity contribution is 0.626. The number of aromatic nitrogens is 1. The third-order valence-corrected chi connectivity index (χ3v) is 8.65. The first-order chi connectivity index (χ1) is 18.7. The number of hydrogen-bond acceptors (Lipinski definition) is 5. The van der Waals surface area contributed by atoms with Gasteiger partial charge < -0.3 is 15.5 Å². The highest BCUT2D eigenvalue weighted by Crippen LogP contribution is 2.35. The fraction of sp³-hybridized carbons (Fsp3) is 0.455. The van der Waals surface area contributed by atoms with E-state index in [1.165, 1.54) is 37.4 Å². The number of nitrogen functional groups attached to an aromatic ring is 1. The van der Waals surface area contributed by atoms with E-state index in [4.69, 9.17) is 10.7 Å². The smallest absolute Gasteiger partial charge is 0.201 e. The normalized spacial score (nSPS) is 10.9. The zero-order valence-electron chi connectivity index (χ0n) is 25.6. The second-order valence-corrected chi connectivity index (χ2v) is 11.1. The number of hydrogen-bond donors (Lipinski definition) is 1. The number of nitrogens with two attached hydrogens (primary N) is 1. The zero-order valence-corrected chi connectivity index (χ0v) is 26.4. The van der Waals surface area contributed by atoms with Crippen LogP contribution in [0.1, 0.15) is 58.2 Å². The van der Waals surface area contributed by atoms with Crippen molar-refractivity contribution in [2.75, 3.05) is 54.8 Å². The van der Waals surface area contributed by atoms with Gasteiger partial charge in [-0.2, -0.15) is 0 Å². The fourth-order valence-corrected chi connectivity index (χ4v) is 6.32. The molecule has 2 aromatic carbocycles. The van der Waals surface area contributed by atoms with Crippen molar-refractivity contribution in [2.45, 2.75) is 62.3 Å². The van der Waals surface area contributed by atoms with Crippen molar-refractivity contribution >= 4 is 38.6 Å². The predicted octanol–water partition coefficient (Wildman–Crippen LogP) is 7.10. The molecule has 1 heterocycles. The standard InChI is InChI=1S/C22H30N3S.C11H18N2/c1-7-24(8-2)17-11-15(5)21-19(13-17)26-20-14-18(25(9-3)10-4)12-16(6)22(20)23-21;1-4-13(5-2)10-6-7-11(12)9(3)8-10/h11-14H,7-10H2,1-6H3;6-8H,4-5,12H2,1-3H3/q+1;. The first kappa shape index (κ1) is 30.4. The molecule has 0 fully saturated rings. The highest BCUT2D eigenvalue weighted by molar-refractivity contribution is 7.21. The maximum absolute atomic E-state index is 5.75. The van der Waals surface area contributed by atoms with Crippen LogP contribution in [0.5, 0.6) is 0 Å². The summed E-state index contributed by atoms with van der Waals surface area (Å²) in [5.41, 5.74) is 15.1. The molecule has 1 aliphatic carbocycles. The molecule has 2 N–H and O–H groups in total. The summed E-state index contributed by atoms with van der Waals surface area (Å²) in [4.78, 5) is 11.0. The van der Waals surface area contributed by atoms with Crippen molar-refractivity contribution in [2.24, 2.45) is 0 Å². The van der Waals surface area contributed by atoms with Crippen molar-refractivity contribution in [1.29, 1.82) is 0 Å². The molecule has 0 saturated carbocycles. The van der Waals surface area contributed by atoms with Gasteiger partial charge in [0.1, 0.15) is 13.1 Å². The van der Waals surface area contributed by atoms with E-state index in [9.17, 15) is 0 Å². The minimum atomic E-state index is 0.871. The van der Waals surface area contributed by atoms with Crippen LogP contribution in [0.2, 0.25) is 0 Å². The summed E-state index contributed by atoms with van der Waals surface area (Å²) in [5, 5.41) is 1.30. The van der Waals surface area contributed by atoms with Crippen molar-refractivity contribution in [3.05, 3.63) is 64.5 Å². The van der Waals surface area contributed by atoms with E-state index >= 15 is 0 Å². The third-order valence-electron chi connectivity index (χ3n) is 7.58. The van der Waals surface area contributed by atoms with Gasteiger partial charge in [-0.05, 0) is 109 Å². The van der Waals surface area contributed by atoms with Crippen LogP contribution in [0.3, 0.4) is 0 Å². The Balaban J connectivity index is 0.000000272. The molecule has 0 saturated heterocycles. The molecule has 4 rings (SSSR count). The molecule has 0 atom stereocenters. The van der Waals surface area contributed by atoms with Crippen LogP contribution >= 0.6 is 11.3 Å². The van der Waals surface area contributed by atoms with Crippen LogP contribution in [-0.4, -0.2) is 44.3 Å². The van der Waals surface area contributed by atoms with Gasteiger partial charge in [-0.3, -0.25) is 0 Å². The van der Waals surface area contributed by atoms with Gasteiger partial charge in [0.25, 0.3) is 0 Å². The summed E-state index contributed by atoms with van der Waals surface area (Å²) in [6.07, 6.45) is 0.